The Kier molecular flexibility index (Phi) is 4.39. The number of halogens is 1. The summed E-state index contributed by atoms with van der Waals surface area (Å²) in [6, 6.07) is 6.45. The molecule has 2 N–H and O–H groups in total. The van der Waals surface area contributed by atoms with Gasteiger partial charge in [0.25, 0.3) is 5.56 Å². The standard InChI is InChI=1S/C14H11ClN2O4/c1-21-12-4-3-9(15)7-10(12)11-6-8(2-5-13(18)19)14(20)17-16-11/h2-7H,1H3,(H,17,20)(H,18,19)/b5-2+. The Bertz CT molecular complexity index is 768. The van der Waals surface area contributed by atoms with E-state index in [1.807, 2.05) is 0 Å². The maximum absolute atomic E-state index is 11.6. The first kappa shape index (κ1) is 14.8. The van der Waals surface area contributed by atoms with Crippen LogP contribution in [0.1, 0.15) is 5.56 Å². The number of aliphatic carboxylic acids is 1. The Morgan fingerprint density at radius 2 is 2.19 bits per heavy atom. The van der Waals surface area contributed by atoms with Crippen molar-refractivity contribution in [2.45, 2.75) is 0 Å². The monoisotopic (exact) mass is 306 g/mol. The van der Waals surface area contributed by atoms with Gasteiger partial charge in [0, 0.05) is 22.2 Å². The molecule has 0 aliphatic rings. The summed E-state index contributed by atoms with van der Waals surface area (Å²) in [6.45, 7) is 0. The van der Waals surface area contributed by atoms with E-state index in [-0.39, 0.29) is 5.56 Å². The Morgan fingerprint density at radius 1 is 1.43 bits per heavy atom. The Hall–Kier alpha value is -2.60. The van der Waals surface area contributed by atoms with Crippen LogP contribution in [-0.4, -0.2) is 28.4 Å². The molecule has 0 saturated carbocycles. The fourth-order valence-electron chi connectivity index (χ4n) is 1.72. The average Bonchev–Trinajstić information content (AvgIpc) is 2.46. The third kappa shape index (κ3) is 3.49. The van der Waals surface area contributed by atoms with Gasteiger partial charge >= 0.3 is 5.97 Å². The fraction of sp³-hybridized carbons (Fsp3) is 0.0714. The van der Waals surface area contributed by atoms with Crippen LogP contribution in [-0.2, 0) is 4.79 Å². The number of rotatable bonds is 4. The number of H-pyrrole nitrogens is 1. The van der Waals surface area contributed by atoms with Crippen molar-refractivity contribution >= 4 is 23.6 Å². The lowest BCUT2D eigenvalue weighted by Gasteiger charge is -2.08. The molecule has 1 heterocycles. The number of aromatic amines is 1. The smallest absolute Gasteiger partial charge is 0.328 e. The van der Waals surface area contributed by atoms with Crippen LogP contribution in [0, 0.1) is 0 Å². The van der Waals surface area contributed by atoms with Crippen molar-refractivity contribution in [3.63, 3.8) is 0 Å². The molecule has 1 aromatic carbocycles. The van der Waals surface area contributed by atoms with Gasteiger partial charge in [0.15, 0.2) is 0 Å². The van der Waals surface area contributed by atoms with Crippen molar-refractivity contribution in [3.05, 3.63) is 51.3 Å². The zero-order chi connectivity index (χ0) is 15.4. The maximum Gasteiger partial charge on any atom is 0.328 e. The van der Waals surface area contributed by atoms with Gasteiger partial charge in [-0.15, -0.1) is 0 Å². The molecular formula is C14H11ClN2O4. The molecule has 0 bridgehead atoms. The van der Waals surface area contributed by atoms with Crippen molar-refractivity contribution in [1.82, 2.24) is 10.2 Å². The molecule has 0 radical (unpaired) electrons. The highest BCUT2D eigenvalue weighted by Crippen LogP contribution is 2.30. The van der Waals surface area contributed by atoms with Gasteiger partial charge in [-0.3, -0.25) is 4.79 Å². The third-order valence-electron chi connectivity index (χ3n) is 2.68. The molecule has 2 aromatic rings. The first-order valence-corrected chi connectivity index (χ1v) is 6.23. The van der Waals surface area contributed by atoms with Crippen LogP contribution in [0.15, 0.2) is 35.1 Å². The molecule has 0 fully saturated rings. The second kappa shape index (κ2) is 6.23. The SMILES string of the molecule is COc1ccc(Cl)cc1-c1cc(/C=C/C(=O)O)c(=O)[nH]n1. The highest BCUT2D eigenvalue weighted by Gasteiger charge is 2.10. The van der Waals surface area contributed by atoms with E-state index in [9.17, 15) is 9.59 Å². The number of carboxylic acid groups (broad SMARTS) is 1. The second-order valence-electron chi connectivity index (χ2n) is 4.05. The van der Waals surface area contributed by atoms with Crippen molar-refractivity contribution < 1.29 is 14.6 Å². The minimum atomic E-state index is -1.15. The molecule has 0 saturated heterocycles. The van der Waals surface area contributed by atoms with Gasteiger partial charge in [0.1, 0.15) is 5.75 Å². The van der Waals surface area contributed by atoms with Crippen molar-refractivity contribution in [1.29, 1.82) is 0 Å². The molecule has 0 spiro atoms. The number of carboxylic acids is 1. The fourth-order valence-corrected chi connectivity index (χ4v) is 1.90. The van der Waals surface area contributed by atoms with E-state index in [1.54, 1.807) is 18.2 Å². The quantitative estimate of drug-likeness (QED) is 0.845. The summed E-state index contributed by atoms with van der Waals surface area (Å²) in [5, 5.41) is 15.3. The summed E-state index contributed by atoms with van der Waals surface area (Å²) in [7, 11) is 1.50. The minimum absolute atomic E-state index is 0.171. The zero-order valence-corrected chi connectivity index (χ0v) is 11.7. The number of methoxy groups -OCH3 is 1. The van der Waals surface area contributed by atoms with Gasteiger partial charge < -0.3 is 9.84 Å². The van der Waals surface area contributed by atoms with Crippen LogP contribution in [0.3, 0.4) is 0 Å². The van der Waals surface area contributed by atoms with E-state index in [0.29, 0.717) is 22.0 Å². The molecule has 0 atom stereocenters. The van der Waals surface area contributed by atoms with Gasteiger partial charge in [0.05, 0.1) is 12.8 Å². The first-order valence-electron chi connectivity index (χ1n) is 5.86. The molecule has 0 amide bonds. The van der Waals surface area contributed by atoms with Gasteiger partial charge in [-0.05, 0) is 30.3 Å². The number of hydrogen-bond donors (Lipinski definition) is 2. The summed E-state index contributed by atoms with van der Waals surface area (Å²) >= 11 is 5.95. The molecule has 2 rings (SSSR count). The topological polar surface area (TPSA) is 92.3 Å². The van der Waals surface area contributed by atoms with Gasteiger partial charge in [-0.25, -0.2) is 9.89 Å². The molecule has 1 aromatic heterocycles. The Balaban J connectivity index is 2.55. The van der Waals surface area contributed by atoms with Crippen LogP contribution in [0.4, 0.5) is 0 Å². The van der Waals surface area contributed by atoms with E-state index in [1.165, 1.54) is 19.3 Å². The van der Waals surface area contributed by atoms with Crippen LogP contribution in [0.25, 0.3) is 17.3 Å². The normalized spacial score (nSPS) is 10.8. The zero-order valence-electron chi connectivity index (χ0n) is 11.0. The minimum Gasteiger partial charge on any atom is -0.496 e. The lowest BCUT2D eigenvalue weighted by atomic mass is 10.1. The molecular weight excluding hydrogens is 296 g/mol. The third-order valence-corrected chi connectivity index (χ3v) is 2.91. The van der Waals surface area contributed by atoms with Crippen LogP contribution in [0.2, 0.25) is 5.02 Å². The number of hydrogen-bond acceptors (Lipinski definition) is 4. The summed E-state index contributed by atoms with van der Waals surface area (Å²) in [6.07, 6.45) is 2.08. The second-order valence-corrected chi connectivity index (χ2v) is 4.49. The molecule has 108 valence electrons. The number of aromatic nitrogens is 2. The Morgan fingerprint density at radius 3 is 2.86 bits per heavy atom. The molecule has 0 aliphatic heterocycles. The summed E-state index contributed by atoms with van der Waals surface area (Å²) in [5.41, 5.74) is 0.687. The predicted molar refractivity (Wildman–Crippen MR) is 78.5 cm³/mol. The largest absolute Gasteiger partial charge is 0.496 e. The number of benzene rings is 1. The van der Waals surface area contributed by atoms with Gasteiger partial charge in [-0.2, -0.15) is 5.10 Å². The molecule has 6 nitrogen and oxygen atoms in total. The van der Waals surface area contributed by atoms with E-state index in [4.69, 9.17) is 21.4 Å². The highest BCUT2D eigenvalue weighted by molar-refractivity contribution is 6.30. The molecule has 21 heavy (non-hydrogen) atoms. The molecule has 0 unspecified atom stereocenters. The van der Waals surface area contributed by atoms with Crippen LogP contribution < -0.4 is 10.3 Å². The van der Waals surface area contributed by atoms with Crippen molar-refractivity contribution in [2.24, 2.45) is 0 Å². The number of nitrogens with zero attached hydrogens (tertiary/aromatic N) is 1. The number of nitrogens with one attached hydrogen (secondary N) is 1. The van der Waals surface area contributed by atoms with E-state index < -0.39 is 11.5 Å². The predicted octanol–water partition coefficient (Wildman–Crippen LogP) is 2.20. The van der Waals surface area contributed by atoms with E-state index in [0.717, 1.165) is 6.08 Å². The first-order chi connectivity index (χ1) is 10.0. The summed E-state index contributed by atoms with van der Waals surface area (Å²) < 4.78 is 5.22. The maximum atomic E-state index is 11.6. The number of ether oxygens (including phenoxy) is 1. The highest BCUT2D eigenvalue weighted by atomic mass is 35.5. The lowest BCUT2D eigenvalue weighted by molar-refractivity contribution is -0.131. The lowest BCUT2D eigenvalue weighted by Crippen LogP contribution is -2.12. The van der Waals surface area contributed by atoms with Crippen LogP contribution >= 0.6 is 11.6 Å². The van der Waals surface area contributed by atoms with Crippen LogP contribution in [0.5, 0.6) is 5.75 Å². The Labute approximate surface area is 124 Å². The van der Waals surface area contributed by atoms with Crippen molar-refractivity contribution in [2.75, 3.05) is 7.11 Å². The average molecular weight is 307 g/mol. The van der Waals surface area contributed by atoms with Crippen molar-refractivity contribution in [3.8, 4) is 17.0 Å². The summed E-state index contributed by atoms with van der Waals surface area (Å²) in [5.74, 6) is -0.611. The van der Waals surface area contributed by atoms with Gasteiger partial charge in [-0.1, -0.05) is 11.6 Å². The number of carbonyl (C=O) groups is 1. The molecule has 0 aliphatic carbocycles. The van der Waals surface area contributed by atoms with E-state index in [2.05, 4.69) is 10.2 Å². The van der Waals surface area contributed by atoms with E-state index >= 15 is 0 Å². The van der Waals surface area contributed by atoms with Gasteiger partial charge in [0.2, 0.25) is 0 Å². The summed E-state index contributed by atoms with van der Waals surface area (Å²) in [4.78, 5) is 22.1. The molecule has 7 heteroatoms.